The van der Waals surface area contributed by atoms with Crippen molar-refractivity contribution in [1.29, 1.82) is 0 Å². The molecule has 1 aliphatic heterocycles. The molecule has 0 saturated heterocycles. The summed E-state index contributed by atoms with van der Waals surface area (Å²) in [5.41, 5.74) is 0.334. The van der Waals surface area contributed by atoms with Gasteiger partial charge >= 0.3 is 6.18 Å². The molecule has 2 aliphatic rings. The Balaban J connectivity index is 1.88. The van der Waals surface area contributed by atoms with Gasteiger partial charge in [0.2, 0.25) is 0 Å². The zero-order valence-electron chi connectivity index (χ0n) is 11.6. The summed E-state index contributed by atoms with van der Waals surface area (Å²) in [6.45, 7) is 2.75. The van der Waals surface area contributed by atoms with Gasteiger partial charge in [0, 0.05) is 11.0 Å². The summed E-state index contributed by atoms with van der Waals surface area (Å²) in [6.07, 6.45) is 1.26. The molecule has 4 heteroatoms. The fourth-order valence-corrected chi connectivity index (χ4v) is 3.60. The Hall–Kier alpha value is -1.19. The summed E-state index contributed by atoms with van der Waals surface area (Å²) in [6, 6.07) is 3.99. The van der Waals surface area contributed by atoms with Crippen molar-refractivity contribution in [2.75, 3.05) is 6.61 Å². The first-order valence-corrected chi connectivity index (χ1v) is 7.29. The second-order valence-electron chi connectivity index (χ2n) is 6.13. The molecule has 1 aromatic rings. The summed E-state index contributed by atoms with van der Waals surface area (Å²) in [5, 5.41) is 0. The third kappa shape index (κ3) is 2.19. The Labute approximate surface area is 117 Å². The van der Waals surface area contributed by atoms with Gasteiger partial charge in [-0.3, -0.25) is 0 Å². The van der Waals surface area contributed by atoms with Crippen molar-refractivity contribution in [3.05, 3.63) is 29.3 Å². The van der Waals surface area contributed by atoms with Crippen molar-refractivity contribution in [2.24, 2.45) is 5.92 Å². The van der Waals surface area contributed by atoms with Crippen LogP contribution in [-0.4, -0.2) is 6.61 Å². The molecule has 1 saturated carbocycles. The fourth-order valence-electron chi connectivity index (χ4n) is 3.60. The third-order valence-corrected chi connectivity index (χ3v) is 5.02. The fraction of sp³-hybridized carbons (Fsp3) is 0.625. The molecule has 20 heavy (non-hydrogen) atoms. The van der Waals surface area contributed by atoms with Crippen LogP contribution in [0, 0.1) is 5.92 Å². The molecule has 110 valence electrons. The van der Waals surface area contributed by atoms with Crippen LogP contribution in [0.25, 0.3) is 0 Å². The lowest BCUT2D eigenvalue weighted by molar-refractivity contribution is -0.137. The summed E-state index contributed by atoms with van der Waals surface area (Å²) in [7, 11) is 0. The van der Waals surface area contributed by atoms with E-state index in [4.69, 9.17) is 4.74 Å². The maximum atomic E-state index is 12.7. The number of alkyl halides is 3. The average Bonchev–Trinajstić information content (AvgIpc) is 2.77. The lowest BCUT2D eigenvalue weighted by Crippen LogP contribution is -2.33. The zero-order valence-corrected chi connectivity index (χ0v) is 11.6. The molecular weight excluding hydrogens is 265 g/mol. The van der Waals surface area contributed by atoms with Gasteiger partial charge in [-0.05, 0) is 43.7 Å². The number of ether oxygens (including phenoxy) is 1. The van der Waals surface area contributed by atoms with Gasteiger partial charge in [-0.15, -0.1) is 0 Å². The van der Waals surface area contributed by atoms with Crippen LogP contribution in [0.5, 0.6) is 5.75 Å². The molecule has 3 rings (SSSR count). The van der Waals surface area contributed by atoms with Crippen LogP contribution in [0.1, 0.15) is 50.2 Å². The van der Waals surface area contributed by atoms with E-state index in [-0.39, 0.29) is 5.41 Å². The van der Waals surface area contributed by atoms with Gasteiger partial charge in [-0.1, -0.05) is 19.4 Å². The molecule has 0 atom stereocenters. The van der Waals surface area contributed by atoms with Crippen molar-refractivity contribution in [3.8, 4) is 5.75 Å². The molecule has 0 bridgehead atoms. The van der Waals surface area contributed by atoms with Crippen LogP contribution >= 0.6 is 0 Å². The highest BCUT2D eigenvalue weighted by atomic mass is 19.4. The number of fused-ring (bicyclic) bond motifs is 2. The van der Waals surface area contributed by atoms with Gasteiger partial charge in [-0.25, -0.2) is 0 Å². The Morgan fingerprint density at radius 1 is 1.25 bits per heavy atom. The highest BCUT2D eigenvalue weighted by molar-refractivity contribution is 5.47. The maximum absolute atomic E-state index is 12.7. The molecule has 1 fully saturated rings. The predicted molar refractivity (Wildman–Crippen MR) is 70.9 cm³/mol. The van der Waals surface area contributed by atoms with Gasteiger partial charge in [-0.2, -0.15) is 13.2 Å². The van der Waals surface area contributed by atoms with Crippen molar-refractivity contribution >= 4 is 0 Å². The highest BCUT2D eigenvalue weighted by Gasteiger charge is 2.44. The van der Waals surface area contributed by atoms with Crippen molar-refractivity contribution in [2.45, 2.75) is 50.6 Å². The quantitative estimate of drug-likeness (QED) is 0.710. The molecule has 1 heterocycles. The Bertz CT molecular complexity index is 499. The zero-order chi connectivity index (χ0) is 14.4. The Morgan fingerprint density at radius 2 is 1.95 bits per heavy atom. The summed E-state index contributed by atoms with van der Waals surface area (Å²) in [5.74, 6) is 1.20. The molecule has 0 radical (unpaired) electrons. The van der Waals surface area contributed by atoms with Gasteiger partial charge in [0.05, 0.1) is 12.2 Å². The molecule has 1 aliphatic carbocycles. The van der Waals surface area contributed by atoms with Crippen LogP contribution in [0.4, 0.5) is 13.2 Å². The van der Waals surface area contributed by atoms with Crippen LogP contribution in [0.3, 0.4) is 0 Å². The Kier molecular flexibility index (Phi) is 3.22. The van der Waals surface area contributed by atoms with Crippen molar-refractivity contribution < 1.29 is 17.9 Å². The SMILES string of the molecule is CCC1CCC2(CC1)COc1cc(C(F)(F)F)ccc12. The van der Waals surface area contributed by atoms with E-state index in [2.05, 4.69) is 6.92 Å². The second-order valence-corrected chi connectivity index (χ2v) is 6.13. The topological polar surface area (TPSA) is 9.23 Å². The summed E-state index contributed by atoms with van der Waals surface area (Å²) in [4.78, 5) is 0. The van der Waals surface area contributed by atoms with Gasteiger partial charge < -0.3 is 4.74 Å². The van der Waals surface area contributed by atoms with Crippen LogP contribution < -0.4 is 4.74 Å². The third-order valence-electron chi connectivity index (χ3n) is 5.02. The van der Waals surface area contributed by atoms with E-state index in [0.717, 1.165) is 43.2 Å². The van der Waals surface area contributed by atoms with Crippen molar-refractivity contribution in [1.82, 2.24) is 0 Å². The minimum Gasteiger partial charge on any atom is -0.492 e. The summed E-state index contributed by atoms with van der Waals surface area (Å²) >= 11 is 0. The van der Waals surface area contributed by atoms with Crippen LogP contribution in [0.15, 0.2) is 18.2 Å². The van der Waals surface area contributed by atoms with E-state index in [1.807, 2.05) is 0 Å². The van der Waals surface area contributed by atoms with E-state index in [1.165, 1.54) is 12.5 Å². The molecule has 0 aromatic heterocycles. The lowest BCUT2D eigenvalue weighted by atomic mass is 9.67. The summed E-state index contributed by atoms with van der Waals surface area (Å²) < 4.78 is 43.8. The maximum Gasteiger partial charge on any atom is 0.416 e. The van der Waals surface area contributed by atoms with Crippen LogP contribution in [-0.2, 0) is 11.6 Å². The first-order valence-electron chi connectivity index (χ1n) is 7.29. The molecule has 0 unspecified atom stereocenters. The molecular formula is C16H19F3O. The second kappa shape index (κ2) is 4.68. The number of benzene rings is 1. The largest absolute Gasteiger partial charge is 0.492 e. The smallest absolute Gasteiger partial charge is 0.416 e. The first kappa shape index (κ1) is 13.8. The number of rotatable bonds is 1. The molecule has 1 aromatic carbocycles. The highest BCUT2D eigenvalue weighted by Crippen LogP contribution is 2.50. The molecule has 0 amide bonds. The minimum atomic E-state index is -4.30. The van der Waals surface area contributed by atoms with Crippen LogP contribution in [0.2, 0.25) is 0 Å². The van der Waals surface area contributed by atoms with E-state index in [1.54, 1.807) is 6.07 Å². The average molecular weight is 284 g/mol. The molecule has 1 spiro atoms. The minimum absolute atomic E-state index is 0.0366. The number of hydrogen-bond acceptors (Lipinski definition) is 1. The molecule has 1 nitrogen and oxygen atoms in total. The predicted octanol–water partition coefficient (Wildman–Crippen LogP) is 4.94. The number of hydrogen-bond donors (Lipinski definition) is 0. The Morgan fingerprint density at radius 3 is 2.55 bits per heavy atom. The van der Waals surface area contributed by atoms with E-state index >= 15 is 0 Å². The van der Waals surface area contributed by atoms with Gasteiger partial charge in [0.1, 0.15) is 5.75 Å². The lowest BCUT2D eigenvalue weighted by Gasteiger charge is -2.36. The van der Waals surface area contributed by atoms with Crippen molar-refractivity contribution in [3.63, 3.8) is 0 Å². The van der Waals surface area contributed by atoms with E-state index < -0.39 is 11.7 Å². The first-order chi connectivity index (χ1) is 9.44. The standard InChI is InChI=1S/C16H19F3O/c1-2-11-5-7-15(8-6-11)10-20-14-9-12(16(17,18)19)3-4-13(14)15/h3-4,9,11H,2,5-8,10H2,1H3. The van der Waals surface area contributed by atoms with E-state index in [0.29, 0.717) is 12.4 Å². The van der Waals surface area contributed by atoms with E-state index in [9.17, 15) is 13.2 Å². The van der Waals surface area contributed by atoms with Gasteiger partial charge in [0.25, 0.3) is 0 Å². The van der Waals surface area contributed by atoms with Gasteiger partial charge in [0.15, 0.2) is 0 Å². The molecule has 0 N–H and O–H groups in total. The number of halogens is 3. The normalized spacial score (nSPS) is 29.3. The monoisotopic (exact) mass is 284 g/mol.